The molecular weight excluding hydrogens is 396 g/mol. The fraction of sp³-hybridized carbons (Fsp3) is 0.526. The Morgan fingerprint density at radius 2 is 1.90 bits per heavy atom. The van der Waals surface area contributed by atoms with Crippen LogP contribution < -0.4 is 10.0 Å². The van der Waals surface area contributed by atoms with Gasteiger partial charge in [0.15, 0.2) is 0 Å². The summed E-state index contributed by atoms with van der Waals surface area (Å²) in [5, 5.41) is 2.73. The number of carbonyl (C=O) groups is 2. The number of methoxy groups -OCH3 is 1. The van der Waals surface area contributed by atoms with Crippen molar-refractivity contribution in [1.29, 1.82) is 0 Å². The summed E-state index contributed by atoms with van der Waals surface area (Å²) in [6, 6.07) is 5.32. The first kappa shape index (κ1) is 21.1. The minimum absolute atomic E-state index is 0.0968. The van der Waals surface area contributed by atoms with Gasteiger partial charge in [-0.15, -0.1) is 0 Å². The van der Waals surface area contributed by atoms with Gasteiger partial charge in [0.2, 0.25) is 5.91 Å². The Kier molecular flexibility index (Phi) is 6.73. The number of sulfonamides is 1. The molecule has 0 bridgehead atoms. The number of nitrogens with zero attached hydrogens (tertiary/aromatic N) is 2. The van der Waals surface area contributed by atoms with Crippen molar-refractivity contribution in [1.82, 2.24) is 9.62 Å². The number of hydrogen-bond donors (Lipinski definition) is 2. The summed E-state index contributed by atoms with van der Waals surface area (Å²) in [4.78, 5) is 30.1. The van der Waals surface area contributed by atoms with Crippen LogP contribution in [-0.2, 0) is 19.6 Å². The van der Waals surface area contributed by atoms with Crippen LogP contribution in [0.4, 0.5) is 10.5 Å². The summed E-state index contributed by atoms with van der Waals surface area (Å²) in [6.07, 6.45) is 4.28. The molecule has 1 aromatic carbocycles. The number of benzene rings is 1. The predicted octanol–water partition coefficient (Wildman–Crippen LogP) is 2.11. The molecule has 158 valence electrons. The van der Waals surface area contributed by atoms with Gasteiger partial charge in [0, 0.05) is 25.2 Å². The van der Waals surface area contributed by atoms with E-state index in [9.17, 15) is 18.0 Å². The van der Waals surface area contributed by atoms with Crippen LogP contribution in [0.15, 0.2) is 34.2 Å². The van der Waals surface area contributed by atoms with E-state index in [0.29, 0.717) is 37.5 Å². The van der Waals surface area contributed by atoms with Crippen LogP contribution in [0.1, 0.15) is 38.5 Å². The van der Waals surface area contributed by atoms with Gasteiger partial charge in [-0.1, -0.05) is 6.42 Å². The summed E-state index contributed by atoms with van der Waals surface area (Å²) in [7, 11) is -2.44. The lowest BCUT2D eigenvalue weighted by Gasteiger charge is -2.22. The molecule has 2 amide bonds. The van der Waals surface area contributed by atoms with Crippen molar-refractivity contribution in [2.75, 3.05) is 25.5 Å². The van der Waals surface area contributed by atoms with Crippen LogP contribution in [0.3, 0.4) is 0 Å². The first-order valence-corrected chi connectivity index (χ1v) is 11.2. The average Bonchev–Trinajstić information content (AvgIpc) is 3.07. The molecule has 9 nitrogen and oxygen atoms in total. The van der Waals surface area contributed by atoms with Gasteiger partial charge in [0.1, 0.15) is 11.9 Å². The van der Waals surface area contributed by atoms with Crippen molar-refractivity contribution in [2.45, 2.75) is 49.5 Å². The maximum atomic E-state index is 12.6. The summed E-state index contributed by atoms with van der Waals surface area (Å²) < 4.78 is 32.4. The fourth-order valence-electron chi connectivity index (χ4n) is 3.49. The van der Waals surface area contributed by atoms with Gasteiger partial charge in [-0.3, -0.25) is 19.4 Å². The Bertz CT molecular complexity index is 882. The van der Waals surface area contributed by atoms with Gasteiger partial charge in [0.25, 0.3) is 10.0 Å². The summed E-state index contributed by atoms with van der Waals surface area (Å²) >= 11 is 0. The Hall–Kier alpha value is -2.62. The van der Waals surface area contributed by atoms with E-state index in [-0.39, 0.29) is 10.8 Å². The van der Waals surface area contributed by atoms with Gasteiger partial charge in [-0.2, -0.15) is 0 Å². The van der Waals surface area contributed by atoms with Gasteiger partial charge in [0.05, 0.1) is 12.0 Å². The molecule has 2 aliphatic heterocycles. The molecule has 1 saturated heterocycles. The quantitative estimate of drug-likeness (QED) is 0.771. The molecule has 3 rings (SSSR count). The topological polar surface area (TPSA) is 117 Å². The van der Waals surface area contributed by atoms with Gasteiger partial charge in [-0.05, 0) is 49.9 Å². The number of carbonyl (C=O) groups excluding carboxylic acids is 2. The number of aliphatic imine (C=N–C) groups is 1. The second kappa shape index (κ2) is 9.25. The van der Waals surface area contributed by atoms with Crippen molar-refractivity contribution < 1.29 is 22.7 Å². The van der Waals surface area contributed by atoms with E-state index in [1.807, 2.05) is 0 Å². The first-order chi connectivity index (χ1) is 13.9. The number of ether oxygens (including phenoxy) is 1. The number of likely N-dealkylation sites (tertiary alicyclic amines) is 1. The van der Waals surface area contributed by atoms with E-state index >= 15 is 0 Å². The molecule has 1 aromatic rings. The maximum Gasteiger partial charge on any atom is 0.410 e. The van der Waals surface area contributed by atoms with E-state index in [1.165, 1.54) is 36.3 Å². The highest BCUT2D eigenvalue weighted by molar-refractivity contribution is 7.90. The van der Waals surface area contributed by atoms with Crippen LogP contribution in [0, 0.1) is 0 Å². The van der Waals surface area contributed by atoms with Crippen molar-refractivity contribution in [3.8, 4) is 0 Å². The molecular formula is C19H26N4O5S. The summed E-state index contributed by atoms with van der Waals surface area (Å²) in [6.45, 7) is 1.10. The molecule has 29 heavy (non-hydrogen) atoms. The first-order valence-electron chi connectivity index (χ1n) is 9.72. The minimum Gasteiger partial charge on any atom is -0.453 e. The van der Waals surface area contributed by atoms with E-state index in [1.54, 1.807) is 0 Å². The molecule has 0 aromatic heterocycles. The summed E-state index contributed by atoms with van der Waals surface area (Å²) in [5.74, 6) is 0.165. The lowest BCUT2D eigenvalue weighted by molar-refractivity contribution is -0.119. The Balaban J connectivity index is 1.64. The monoisotopic (exact) mass is 422 g/mol. The number of amides is 2. The van der Waals surface area contributed by atoms with Gasteiger partial charge >= 0.3 is 6.09 Å². The van der Waals surface area contributed by atoms with Crippen LogP contribution in [-0.4, -0.2) is 57.4 Å². The molecule has 2 heterocycles. The van der Waals surface area contributed by atoms with Crippen molar-refractivity contribution in [2.24, 2.45) is 4.99 Å². The molecule has 1 atom stereocenters. The number of anilines is 1. The lowest BCUT2D eigenvalue weighted by atomic mass is 10.2. The SMILES string of the molecule is COC(=O)N1CCCC1C(=O)Nc1ccc(S(=O)(=O)NC2=NCCCCC2)cc1. The third kappa shape index (κ3) is 5.26. The molecule has 1 fully saturated rings. The number of rotatable bonds is 4. The smallest absolute Gasteiger partial charge is 0.410 e. The lowest BCUT2D eigenvalue weighted by Crippen LogP contribution is -2.43. The second-order valence-electron chi connectivity index (χ2n) is 7.08. The maximum absolute atomic E-state index is 12.6. The highest BCUT2D eigenvalue weighted by Gasteiger charge is 2.34. The van der Waals surface area contributed by atoms with Crippen molar-refractivity contribution in [3.63, 3.8) is 0 Å². The van der Waals surface area contributed by atoms with Gasteiger partial charge < -0.3 is 10.1 Å². The van der Waals surface area contributed by atoms with Gasteiger partial charge in [-0.25, -0.2) is 13.2 Å². The van der Waals surface area contributed by atoms with Crippen LogP contribution in [0.5, 0.6) is 0 Å². The molecule has 0 saturated carbocycles. The van der Waals surface area contributed by atoms with E-state index in [0.717, 1.165) is 25.7 Å². The fourth-order valence-corrected chi connectivity index (χ4v) is 4.58. The third-order valence-corrected chi connectivity index (χ3v) is 6.42. The molecule has 1 unspecified atom stereocenters. The molecule has 0 aliphatic carbocycles. The Morgan fingerprint density at radius 3 is 2.62 bits per heavy atom. The van der Waals surface area contributed by atoms with Crippen molar-refractivity contribution >= 4 is 33.5 Å². The zero-order chi connectivity index (χ0) is 20.9. The van der Waals surface area contributed by atoms with E-state index in [4.69, 9.17) is 4.74 Å². The zero-order valence-electron chi connectivity index (χ0n) is 16.4. The predicted molar refractivity (Wildman–Crippen MR) is 108 cm³/mol. The van der Waals surface area contributed by atoms with Crippen LogP contribution in [0.2, 0.25) is 0 Å². The Morgan fingerprint density at radius 1 is 1.14 bits per heavy atom. The standard InChI is InChI=1S/C19H26N4O5S/c1-28-19(25)23-13-5-6-16(23)18(24)21-14-8-10-15(11-9-14)29(26,27)22-17-7-3-2-4-12-20-17/h8-11,16H,2-7,12-13H2,1H3,(H,20,22)(H,21,24). The van der Waals surface area contributed by atoms with E-state index < -0.39 is 22.2 Å². The average molecular weight is 423 g/mol. The summed E-state index contributed by atoms with van der Waals surface area (Å²) in [5.41, 5.74) is 0.456. The third-order valence-electron chi connectivity index (χ3n) is 5.02. The zero-order valence-corrected chi connectivity index (χ0v) is 17.2. The largest absolute Gasteiger partial charge is 0.453 e. The molecule has 0 radical (unpaired) electrons. The van der Waals surface area contributed by atoms with Crippen LogP contribution >= 0.6 is 0 Å². The normalized spacial score (nSPS) is 19.8. The molecule has 2 N–H and O–H groups in total. The second-order valence-corrected chi connectivity index (χ2v) is 8.76. The van der Waals surface area contributed by atoms with Crippen LogP contribution in [0.25, 0.3) is 0 Å². The van der Waals surface area contributed by atoms with Crippen molar-refractivity contribution in [3.05, 3.63) is 24.3 Å². The minimum atomic E-state index is -3.72. The molecule has 0 spiro atoms. The number of nitrogens with one attached hydrogen (secondary N) is 2. The molecule has 10 heteroatoms. The number of amidine groups is 1. The highest BCUT2D eigenvalue weighted by Crippen LogP contribution is 2.21. The molecule has 2 aliphatic rings. The highest BCUT2D eigenvalue weighted by atomic mass is 32.2. The Labute approximate surface area is 170 Å². The van der Waals surface area contributed by atoms with E-state index in [2.05, 4.69) is 15.0 Å². The number of hydrogen-bond acceptors (Lipinski definition) is 6.